The number of halogens is 1. The Morgan fingerprint density at radius 1 is 1.20 bits per heavy atom. The second-order valence-corrected chi connectivity index (χ2v) is 7.22. The van der Waals surface area contributed by atoms with Gasteiger partial charge in [-0.1, -0.05) is 29.8 Å². The Kier molecular flexibility index (Phi) is 3.89. The first-order chi connectivity index (χ1) is 12.1. The van der Waals surface area contributed by atoms with Gasteiger partial charge in [0, 0.05) is 27.5 Å². The molecule has 4 rings (SSSR count). The first-order valence-electron chi connectivity index (χ1n) is 7.65. The lowest BCUT2D eigenvalue weighted by Gasteiger charge is -2.38. The number of methoxy groups -OCH3 is 2. The van der Waals surface area contributed by atoms with Crippen LogP contribution in [0.4, 0.5) is 11.4 Å². The third-order valence-corrected chi connectivity index (χ3v) is 5.92. The number of anilines is 2. The van der Waals surface area contributed by atoms with Crippen molar-refractivity contribution < 1.29 is 14.3 Å². The number of hydrogen-bond acceptors (Lipinski definition) is 6. The molecule has 0 bridgehead atoms. The fraction of sp³-hybridized carbons (Fsp3) is 0.222. The molecule has 1 N–H and O–H groups in total. The van der Waals surface area contributed by atoms with Gasteiger partial charge in [-0.25, -0.2) is 4.99 Å². The third kappa shape index (κ3) is 2.32. The number of fused-ring (bicyclic) bond motifs is 4. The van der Waals surface area contributed by atoms with E-state index in [1.807, 2.05) is 42.5 Å². The highest BCUT2D eigenvalue weighted by Gasteiger charge is 2.56. The Bertz CT molecular complexity index is 902. The van der Waals surface area contributed by atoms with E-state index in [4.69, 9.17) is 26.1 Å². The molecule has 2 aromatic carbocycles. The smallest absolute Gasteiger partial charge is 0.322 e. The Hall–Kier alpha value is -2.18. The second kappa shape index (κ2) is 5.97. The van der Waals surface area contributed by atoms with E-state index in [0.717, 1.165) is 22.5 Å². The van der Waals surface area contributed by atoms with E-state index in [-0.39, 0.29) is 5.97 Å². The first kappa shape index (κ1) is 16.3. The number of nitrogens with zero attached hydrogens (tertiary/aromatic N) is 1. The van der Waals surface area contributed by atoms with Crippen molar-refractivity contribution in [1.29, 1.82) is 0 Å². The van der Waals surface area contributed by atoms with Gasteiger partial charge in [-0.3, -0.25) is 4.79 Å². The maximum absolute atomic E-state index is 12.6. The SMILES string of the molecule is COC(=O)C1SC(OC)=NC12c1ccccc1Nc1ccc(Cl)cc12. The van der Waals surface area contributed by atoms with Crippen LogP contribution >= 0.6 is 23.4 Å². The number of benzene rings is 2. The molecule has 2 heterocycles. The fourth-order valence-electron chi connectivity index (χ4n) is 3.39. The second-order valence-electron chi connectivity index (χ2n) is 5.73. The van der Waals surface area contributed by atoms with E-state index in [0.29, 0.717) is 10.3 Å². The minimum atomic E-state index is -0.953. The molecule has 0 saturated carbocycles. The van der Waals surface area contributed by atoms with Crippen molar-refractivity contribution >= 4 is 45.9 Å². The molecule has 25 heavy (non-hydrogen) atoms. The van der Waals surface area contributed by atoms with Gasteiger partial charge in [0.25, 0.3) is 0 Å². The molecule has 5 nitrogen and oxygen atoms in total. The van der Waals surface area contributed by atoms with Crippen LogP contribution in [-0.4, -0.2) is 30.7 Å². The van der Waals surface area contributed by atoms with Gasteiger partial charge in [0.1, 0.15) is 10.8 Å². The zero-order valence-corrected chi connectivity index (χ0v) is 15.1. The topological polar surface area (TPSA) is 59.9 Å². The molecule has 0 amide bonds. The number of rotatable bonds is 1. The van der Waals surface area contributed by atoms with Crippen LogP contribution < -0.4 is 5.32 Å². The predicted molar refractivity (Wildman–Crippen MR) is 99.8 cm³/mol. The van der Waals surface area contributed by atoms with Gasteiger partial charge in [-0.15, -0.1) is 0 Å². The van der Waals surface area contributed by atoms with Crippen LogP contribution in [0.3, 0.4) is 0 Å². The molecular weight excluding hydrogens is 360 g/mol. The maximum atomic E-state index is 12.6. The van der Waals surface area contributed by atoms with Crippen LogP contribution in [0.5, 0.6) is 0 Å². The number of nitrogens with one attached hydrogen (secondary N) is 1. The molecule has 0 aliphatic carbocycles. The van der Waals surface area contributed by atoms with Crippen molar-refractivity contribution in [3.8, 4) is 0 Å². The van der Waals surface area contributed by atoms with Crippen molar-refractivity contribution in [2.75, 3.05) is 19.5 Å². The molecule has 2 unspecified atom stereocenters. The number of para-hydroxylation sites is 1. The van der Waals surface area contributed by atoms with Gasteiger partial charge in [0.05, 0.1) is 14.2 Å². The molecule has 0 radical (unpaired) electrons. The molecule has 2 aliphatic rings. The van der Waals surface area contributed by atoms with E-state index >= 15 is 0 Å². The Morgan fingerprint density at radius 2 is 1.96 bits per heavy atom. The maximum Gasteiger partial charge on any atom is 0.322 e. The molecular formula is C18H15ClN2O3S. The molecule has 2 aliphatic heterocycles. The summed E-state index contributed by atoms with van der Waals surface area (Å²) in [6, 6.07) is 13.4. The van der Waals surface area contributed by atoms with Gasteiger partial charge in [-0.2, -0.15) is 0 Å². The van der Waals surface area contributed by atoms with Crippen molar-refractivity contribution in [1.82, 2.24) is 0 Å². The first-order valence-corrected chi connectivity index (χ1v) is 8.91. The van der Waals surface area contributed by atoms with Crippen LogP contribution in [-0.2, 0) is 19.8 Å². The lowest BCUT2D eigenvalue weighted by Crippen LogP contribution is -2.42. The molecule has 2 aromatic rings. The van der Waals surface area contributed by atoms with Gasteiger partial charge < -0.3 is 14.8 Å². The fourth-order valence-corrected chi connectivity index (χ4v) is 4.73. The van der Waals surface area contributed by atoms with Gasteiger partial charge in [-0.05, 0) is 36.0 Å². The van der Waals surface area contributed by atoms with E-state index in [9.17, 15) is 4.79 Å². The summed E-state index contributed by atoms with van der Waals surface area (Å²) in [6.07, 6.45) is 0. The zero-order chi connectivity index (χ0) is 17.6. The largest absolute Gasteiger partial charge is 0.476 e. The van der Waals surface area contributed by atoms with Crippen LogP contribution in [0.2, 0.25) is 5.02 Å². The third-order valence-electron chi connectivity index (χ3n) is 4.45. The van der Waals surface area contributed by atoms with Crippen LogP contribution in [0.25, 0.3) is 0 Å². The summed E-state index contributed by atoms with van der Waals surface area (Å²) >= 11 is 7.53. The van der Waals surface area contributed by atoms with Crippen LogP contribution in [0.1, 0.15) is 11.1 Å². The number of carbonyl (C=O) groups excluding carboxylic acids is 1. The normalized spacial score (nSPS) is 23.3. The highest BCUT2D eigenvalue weighted by molar-refractivity contribution is 8.15. The summed E-state index contributed by atoms with van der Waals surface area (Å²) < 4.78 is 10.4. The molecule has 128 valence electrons. The standard InChI is InChI=1S/C18H15ClN2O3S/c1-23-16(22)15-18(21-17(24-2)25-15)11-5-3-4-6-13(11)20-14-8-7-10(19)9-12(14)18/h3-9,15,20H,1-2H3. The number of hydrogen-bond donors (Lipinski definition) is 1. The Morgan fingerprint density at radius 3 is 2.72 bits per heavy atom. The number of carbonyl (C=O) groups is 1. The number of thioether (sulfide) groups is 1. The van der Waals surface area contributed by atoms with Crippen molar-refractivity contribution in [2.24, 2.45) is 4.99 Å². The average molecular weight is 375 g/mol. The molecule has 0 saturated heterocycles. The Labute approximate surface area is 154 Å². The van der Waals surface area contributed by atoms with E-state index < -0.39 is 10.8 Å². The summed E-state index contributed by atoms with van der Waals surface area (Å²) in [4.78, 5) is 17.5. The van der Waals surface area contributed by atoms with Crippen molar-refractivity contribution in [2.45, 2.75) is 10.8 Å². The minimum Gasteiger partial charge on any atom is -0.476 e. The zero-order valence-electron chi connectivity index (χ0n) is 13.6. The van der Waals surface area contributed by atoms with Crippen LogP contribution in [0, 0.1) is 0 Å². The van der Waals surface area contributed by atoms with Crippen molar-refractivity contribution in [3.63, 3.8) is 0 Å². The summed E-state index contributed by atoms with van der Waals surface area (Å²) in [5, 5.41) is 3.82. The molecule has 0 aromatic heterocycles. The molecule has 7 heteroatoms. The highest BCUT2D eigenvalue weighted by atomic mass is 35.5. The van der Waals surface area contributed by atoms with Gasteiger partial charge in [0.15, 0.2) is 0 Å². The van der Waals surface area contributed by atoms with E-state index in [2.05, 4.69) is 5.32 Å². The number of aliphatic imine (C=N–C) groups is 1. The van der Waals surface area contributed by atoms with Gasteiger partial charge >= 0.3 is 5.97 Å². The average Bonchev–Trinajstić information content (AvgIpc) is 3.02. The summed E-state index contributed by atoms with van der Waals surface area (Å²) in [5.74, 6) is -0.358. The highest BCUT2D eigenvalue weighted by Crippen LogP contribution is 2.55. The lowest BCUT2D eigenvalue weighted by molar-refractivity contribution is -0.140. The van der Waals surface area contributed by atoms with Crippen molar-refractivity contribution in [3.05, 3.63) is 58.6 Å². The molecule has 2 atom stereocenters. The Balaban J connectivity index is 2.06. The lowest BCUT2D eigenvalue weighted by atomic mass is 9.76. The van der Waals surface area contributed by atoms with E-state index in [1.54, 1.807) is 7.11 Å². The predicted octanol–water partition coefficient (Wildman–Crippen LogP) is 3.93. The van der Waals surface area contributed by atoms with E-state index in [1.165, 1.54) is 18.9 Å². The monoisotopic (exact) mass is 374 g/mol. The quantitative estimate of drug-likeness (QED) is 0.766. The summed E-state index contributed by atoms with van der Waals surface area (Å²) in [5.41, 5.74) is 2.52. The summed E-state index contributed by atoms with van der Waals surface area (Å²) in [6.45, 7) is 0. The molecule has 1 spiro atoms. The summed E-state index contributed by atoms with van der Waals surface area (Å²) in [7, 11) is 2.93. The molecule has 0 fully saturated rings. The van der Waals surface area contributed by atoms with Gasteiger partial charge in [0.2, 0.25) is 5.23 Å². The number of esters is 1. The minimum absolute atomic E-state index is 0.358. The van der Waals surface area contributed by atoms with Crippen LogP contribution in [0.15, 0.2) is 47.5 Å². The number of ether oxygens (including phenoxy) is 2.